The molecular weight excluding hydrogens is 158 g/mol. The number of nitrogens with one attached hydrogen (secondary N) is 1. The summed E-state index contributed by atoms with van der Waals surface area (Å²) in [6.45, 7) is 0.676. The number of hydrogen-bond donors (Lipinski definition) is 3. The molecule has 1 saturated heterocycles. The Morgan fingerprint density at radius 2 is 2.42 bits per heavy atom. The van der Waals surface area contributed by atoms with E-state index in [0.29, 0.717) is 13.0 Å². The molecule has 0 unspecified atom stereocenters. The number of carbonyl (C=O) groups is 2. The second-order valence-electron chi connectivity index (χ2n) is 3.02. The molecule has 5 N–H and O–H groups in total. The van der Waals surface area contributed by atoms with E-state index >= 15 is 0 Å². The van der Waals surface area contributed by atoms with Crippen LogP contribution in [0.25, 0.3) is 0 Å². The molecule has 12 heavy (non-hydrogen) atoms. The van der Waals surface area contributed by atoms with Crippen LogP contribution in [0.3, 0.4) is 0 Å². The minimum Gasteiger partial charge on any atom is -0.368 e. The van der Waals surface area contributed by atoms with E-state index in [1.165, 1.54) is 0 Å². The van der Waals surface area contributed by atoms with Gasteiger partial charge in [-0.25, -0.2) is 0 Å². The van der Waals surface area contributed by atoms with Crippen molar-refractivity contribution in [1.82, 2.24) is 5.32 Å². The molecule has 1 rings (SSSR count). The van der Waals surface area contributed by atoms with Crippen LogP contribution in [0.1, 0.15) is 12.8 Å². The normalized spacial score (nSPS) is 25.1. The highest BCUT2D eigenvalue weighted by molar-refractivity contribution is 5.83. The first-order valence-corrected chi connectivity index (χ1v) is 3.94. The molecule has 5 heteroatoms. The number of amides is 2. The van der Waals surface area contributed by atoms with Crippen molar-refractivity contribution < 1.29 is 9.59 Å². The summed E-state index contributed by atoms with van der Waals surface area (Å²) in [7, 11) is 0. The highest BCUT2D eigenvalue weighted by Gasteiger charge is 2.27. The van der Waals surface area contributed by atoms with Crippen molar-refractivity contribution in [3.05, 3.63) is 0 Å². The molecule has 5 nitrogen and oxygen atoms in total. The zero-order valence-corrected chi connectivity index (χ0v) is 6.75. The molecule has 0 spiro atoms. The summed E-state index contributed by atoms with van der Waals surface area (Å²) in [4.78, 5) is 21.6. The quantitative estimate of drug-likeness (QED) is 0.473. The lowest BCUT2D eigenvalue weighted by molar-refractivity contribution is -0.123. The summed E-state index contributed by atoms with van der Waals surface area (Å²) in [6.07, 6.45) is 1.11. The molecule has 1 aliphatic rings. The highest BCUT2D eigenvalue weighted by atomic mass is 16.2. The lowest BCUT2D eigenvalue weighted by atomic mass is 9.99. The fraction of sp³-hybridized carbons (Fsp3) is 0.714. The minimum absolute atomic E-state index is 0.0216. The lowest BCUT2D eigenvalue weighted by Crippen LogP contribution is -2.39. The van der Waals surface area contributed by atoms with Crippen LogP contribution in [0.2, 0.25) is 0 Å². The molecule has 2 amide bonds. The third-order valence-electron chi connectivity index (χ3n) is 2.07. The van der Waals surface area contributed by atoms with Gasteiger partial charge in [0.05, 0.1) is 6.04 Å². The van der Waals surface area contributed by atoms with E-state index in [0.717, 1.165) is 6.42 Å². The smallest absolute Gasteiger partial charge is 0.234 e. The van der Waals surface area contributed by atoms with Gasteiger partial charge in [0.25, 0.3) is 0 Å². The molecule has 0 aromatic carbocycles. The topological polar surface area (TPSA) is 98.2 Å². The molecule has 1 heterocycles. The van der Waals surface area contributed by atoms with Crippen LogP contribution in [-0.4, -0.2) is 24.4 Å². The predicted octanol–water partition coefficient (Wildman–Crippen LogP) is -1.67. The van der Waals surface area contributed by atoms with Crippen molar-refractivity contribution in [3.63, 3.8) is 0 Å². The minimum atomic E-state index is -0.696. The van der Waals surface area contributed by atoms with Gasteiger partial charge < -0.3 is 16.8 Å². The largest absolute Gasteiger partial charge is 0.368 e. The van der Waals surface area contributed by atoms with Gasteiger partial charge in [-0.3, -0.25) is 9.59 Å². The number of hydrogen-bond acceptors (Lipinski definition) is 3. The number of rotatable bonds is 3. The summed E-state index contributed by atoms with van der Waals surface area (Å²) >= 11 is 0. The third kappa shape index (κ3) is 1.94. The van der Waals surface area contributed by atoms with Crippen molar-refractivity contribution in [1.29, 1.82) is 0 Å². The van der Waals surface area contributed by atoms with Crippen molar-refractivity contribution in [2.75, 3.05) is 6.54 Å². The summed E-state index contributed by atoms with van der Waals surface area (Å²) in [5.41, 5.74) is 10.4. The van der Waals surface area contributed by atoms with E-state index in [-0.39, 0.29) is 11.8 Å². The van der Waals surface area contributed by atoms with Gasteiger partial charge in [0, 0.05) is 12.5 Å². The first-order chi connectivity index (χ1) is 5.61. The maximum Gasteiger partial charge on any atom is 0.234 e. The van der Waals surface area contributed by atoms with Crippen molar-refractivity contribution in [3.8, 4) is 0 Å². The molecule has 0 aliphatic carbocycles. The molecule has 0 aromatic heterocycles. The maximum absolute atomic E-state index is 11.0. The predicted molar refractivity (Wildman–Crippen MR) is 42.9 cm³/mol. The molecule has 0 radical (unpaired) electrons. The summed E-state index contributed by atoms with van der Waals surface area (Å²) in [6, 6.07) is -0.696. The van der Waals surface area contributed by atoms with Gasteiger partial charge in [-0.05, 0) is 12.8 Å². The number of carbonyl (C=O) groups excluding carboxylic acids is 2. The summed E-state index contributed by atoms with van der Waals surface area (Å²) in [5.74, 6) is -0.700. The van der Waals surface area contributed by atoms with Crippen LogP contribution in [0.4, 0.5) is 0 Å². The first kappa shape index (κ1) is 8.99. The van der Waals surface area contributed by atoms with Crippen LogP contribution < -0.4 is 16.8 Å². The Kier molecular flexibility index (Phi) is 2.65. The van der Waals surface area contributed by atoms with Crippen LogP contribution in [0.5, 0.6) is 0 Å². The fourth-order valence-electron chi connectivity index (χ4n) is 1.29. The maximum atomic E-state index is 11.0. The van der Waals surface area contributed by atoms with Gasteiger partial charge in [-0.1, -0.05) is 0 Å². The highest BCUT2D eigenvalue weighted by Crippen LogP contribution is 2.14. The second-order valence-corrected chi connectivity index (χ2v) is 3.02. The van der Waals surface area contributed by atoms with E-state index < -0.39 is 11.9 Å². The SMILES string of the molecule is NC(=O)[C@H](N)C[C@H]1CCNC1=O. The Hall–Kier alpha value is -1.10. The molecule has 0 saturated carbocycles. The van der Waals surface area contributed by atoms with E-state index in [4.69, 9.17) is 11.5 Å². The zero-order chi connectivity index (χ0) is 9.14. The molecule has 68 valence electrons. The third-order valence-corrected chi connectivity index (χ3v) is 2.07. The Morgan fingerprint density at radius 3 is 2.83 bits per heavy atom. The first-order valence-electron chi connectivity index (χ1n) is 3.94. The molecular formula is C7H13N3O2. The van der Waals surface area contributed by atoms with Crippen LogP contribution in [-0.2, 0) is 9.59 Å². The molecule has 0 bridgehead atoms. The average molecular weight is 171 g/mol. The average Bonchev–Trinajstić information content (AvgIpc) is 2.36. The van der Waals surface area contributed by atoms with Gasteiger partial charge in [0.2, 0.25) is 11.8 Å². The van der Waals surface area contributed by atoms with Gasteiger partial charge >= 0.3 is 0 Å². The van der Waals surface area contributed by atoms with Gasteiger partial charge in [-0.15, -0.1) is 0 Å². The van der Waals surface area contributed by atoms with Gasteiger partial charge in [0.1, 0.15) is 0 Å². The Bertz CT molecular complexity index is 205. The van der Waals surface area contributed by atoms with E-state index in [1.807, 2.05) is 0 Å². The summed E-state index contributed by atoms with van der Waals surface area (Å²) < 4.78 is 0. The molecule has 1 aliphatic heterocycles. The van der Waals surface area contributed by atoms with Crippen LogP contribution in [0, 0.1) is 5.92 Å². The summed E-state index contributed by atoms with van der Waals surface area (Å²) in [5, 5.41) is 2.67. The molecule has 2 atom stereocenters. The van der Waals surface area contributed by atoms with Crippen LogP contribution in [0.15, 0.2) is 0 Å². The Morgan fingerprint density at radius 1 is 1.75 bits per heavy atom. The van der Waals surface area contributed by atoms with Crippen LogP contribution >= 0.6 is 0 Å². The van der Waals surface area contributed by atoms with Gasteiger partial charge in [-0.2, -0.15) is 0 Å². The second kappa shape index (κ2) is 3.53. The van der Waals surface area contributed by atoms with Gasteiger partial charge in [0.15, 0.2) is 0 Å². The van der Waals surface area contributed by atoms with Crippen molar-refractivity contribution in [2.24, 2.45) is 17.4 Å². The van der Waals surface area contributed by atoms with E-state index in [1.54, 1.807) is 0 Å². The van der Waals surface area contributed by atoms with E-state index in [9.17, 15) is 9.59 Å². The Balaban J connectivity index is 2.40. The molecule has 0 aromatic rings. The van der Waals surface area contributed by atoms with E-state index in [2.05, 4.69) is 5.32 Å². The fourth-order valence-corrected chi connectivity index (χ4v) is 1.29. The molecule has 1 fully saturated rings. The number of nitrogens with two attached hydrogens (primary N) is 2. The lowest BCUT2D eigenvalue weighted by Gasteiger charge is -2.10. The van der Waals surface area contributed by atoms with Crippen molar-refractivity contribution in [2.45, 2.75) is 18.9 Å². The number of primary amides is 1. The zero-order valence-electron chi connectivity index (χ0n) is 6.75. The standard InChI is InChI=1S/C7H13N3O2/c8-5(6(9)11)3-4-1-2-10-7(4)12/h4-5H,1-3,8H2,(H2,9,11)(H,10,12)/t4-,5-/m1/s1. The monoisotopic (exact) mass is 171 g/mol. The Labute approximate surface area is 70.5 Å². The van der Waals surface area contributed by atoms with Crippen molar-refractivity contribution >= 4 is 11.8 Å².